The molecule has 0 bridgehead atoms. The summed E-state index contributed by atoms with van der Waals surface area (Å²) in [5, 5.41) is 3.54. The Morgan fingerprint density at radius 2 is 2.17 bits per heavy atom. The summed E-state index contributed by atoms with van der Waals surface area (Å²) < 4.78 is 13.7. The Morgan fingerprint density at radius 1 is 1.39 bits per heavy atom. The van der Waals surface area contributed by atoms with Gasteiger partial charge in [-0.05, 0) is 55.3 Å². The quantitative estimate of drug-likeness (QED) is 0.842. The van der Waals surface area contributed by atoms with E-state index in [1.54, 1.807) is 6.07 Å². The molecular formula is C16H24FN. The second-order valence-corrected chi connectivity index (χ2v) is 5.72. The van der Waals surface area contributed by atoms with Gasteiger partial charge in [-0.2, -0.15) is 0 Å². The maximum Gasteiger partial charge on any atom is 0.126 e. The lowest BCUT2D eigenvalue weighted by molar-refractivity contribution is 0.364. The largest absolute Gasteiger partial charge is 0.310 e. The fourth-order valence-electron chi connectivity index (χ4n) is 3.13. The summed E-state index contributed by atoms with van der Waals surface area (Å²) in [4.78, 5) is 0. The summed E-state index contributed by atoms with van der Waals surface area (Å²) in [6.07, 6.45) is 3.82. The predicted molar refractivity (Wildman–Crippen MR) is 74.1 cm³/mol. The van der Waals surface area contributed by atoms with Crippen LogP contribution in [0.2, 0.25) is 0 Å². The van der Waals surface area contributed by atoms with E-state index in [-0.39, 0.29) is 5.82 Å². The molecule has 1 nitrogen and oxygen atoms in total. The van der Waals surface area contributed by atoms with E-state index in [4.69, 9.17) is 0 Å². The van der Waals surface area contributed by atoms with Gasteiger partial charge in [0, 0.05) is 6.04 Å². The third-order valence-electron chi connectivity index (χ3n) is 4.19. The number of hydrogen-bond acceptors (Lipinski definition) is 1. The van der Waals surface area contributed by atoms with Crippen molar-refractivity contribution in [3.8, 4) is 0 Å². The van der Waals surface area contributed by atoms with Gasteiger partial charge in [0.15, 0.2) is 0 Å². The summed E-state index contributed by atoms with van der Waals surface area (Å²) >= 11 is 0. The molecule has 0 saturated heterocycles. The molecule has 1 saturated carbocycles. The first-order chi connectivity index (χ1) is 8.61. The molecule has 0 aliphatic heterocycles. The van der Waals surface area contributed by atoms with Crippen LogP contribution in [0.5, 0.6) is 0 Å². The van der Waals surface area contributed by atoms with Crippen molar-refractivity contribution in [1.29, 1.82) is 0 Å². The number of halogens is 1. The van der Waals surface area contributed by atoms with E-state index in [9.17, 15) is 4.39 Å². The highest BCUT2D eigenvalue weighted by molar-refractivity contribution is 5.26. The second kappa shape index (κ2) is 5.83. The molecule has 2 rings (SSSR count). The molecule has 3 unspecified atom stereocenters. The van der Waals surface area contributed by atoms with Crippen LogP contribution in [-0.2, 0) is 0 Å². The summed E-state index contributed by atoms with van der Waals surface area (Å²) in [5.41, 5.74) is 1.84. The highest BCUT2D eigenvalue weighted by atomic mass is 19.1. The maximum atomic E-state index is 13.7. The Morgan fingerprint density at radius 3 is 2.72 bits per heavy atom. The van der Waals surface area contributed by atoms with Crippen LogP contribution in [0, 0.1) is 24.6 Å². The van der Waals surface area contributed by atoms with E-state index in [1.165, 1.54) is 19.3 Å². The third-order valence-corrected chi connectivity index (χ3v) is 4.19. The van der Waals surface area contributed by atoms with Crippen molar-refractivity contribution in [2.75, 3.05) is 6.54 Å². The van der Waals surface area contributed by atoms with Gasteiger partial charge in [-0.1, -0.05) is 32.4 Å². The van der Waals surface area contributed by atoms with Gasteiger partial charge < -0.3 is 5.32 Å². The van der Waals surface area contributed by atoms with Crippen LogP contribution in [0.3, 0.4) is 0 Å². The maximum absolute atomic E-state index is 13.7. The zero-order valence-corrected chi connectivity index (χ0v) is 11.7. The van der Waals surface area contributed by atoms with Crippen LogP contribution in [0.25, 0.3) is 0 Å². The third kappa shape index (κ3) is 2.92. The SMILES string of the molecule is CCNC(c1ccc(C)c(F)c1)C1CCC(C)C1. The minimum atomic E-state index is -0.0820. The Bertz CT molecular complexity index is 402. The minimum Gasteiger partial charge on any atom is -0.310 e. The van der Waals surface area contributed by atoms with Gasteiger partial charge in [-0.25, -0.2) is 4.39 Å². The summed E-state index contributed by atoms with van der Waals surface area (Å²) in [6, 6.07) is 6.00. The average molecular weight is 249 g/mol. The topological polar surface area (TPSA) is 12.0 Å². The smallest absolute Gasteiger partial charge is 0.126 e. The van der Waals surface area contributed by atoms with Crippen LogP contribution >= 0.6 is 0 Å². The van der Waals surface area contributed by atoms with Gasteiger partial charge in [-0.15, -0.1) is 0 Å². The van der Waals surface area contributed by atoms with E-state index >= 15 is 0 Å². The molecule has 1 N–H and O–H groups in total. The van der Waals surface area contributed by atoms with E-state index < -0.39 is 0 Å². The van der Waals surface area contributed by atoms with Crippen LogP contribution in [0.1, 0.15) is 50.3 Å². The molecule has 0 heterocycles. The number of benzene rings is 1. The molecule has 1 aromatic rings. The molecule has 1 aliphatic rings. The number of aryl methyl sites for hydroxylation is 1. The van der Waals surface area contributed by atoms with Gasteiger partial charge >= 0.3 is 0 Å². The van der Waals surface area contributed by atoms with Crippen LogP contribution in [0.15, 0.2) is 18.2 Å². The highest BCUT2D eigenvalue weighted by Gasteiger charge is 2.29. The number of nitrogens with one attached hydrogen (secondary N) is 1. The van der Waals surface area contributed by atoms with Gasteiger partial charge in [0.25, 0.3) is 0 Å². The van der Waals surface area contributed by atoms with Gasteiger partial charge in [0.2, 0.25) is 0 Å². The Kier molecular flexibility index (Phi) is 4.39. The molecule has 3 atom stereocenters. The zero-order valence-electron chi connectivity index (χ0n) is 11.7. The van der Waals surface area contributed by atoms with Gasteiger partial charge in [0.05, 0.1) is 0 Å². The second-order valence-electron chi connectivity index (χ2n) is 5.72. The Balaban J connectivity index is 2.20. The van der Waals surface area contributed by atoms with Crippen LogP contribution < -0.4 is 5.32 Å². The summed E-state index contributed by atoms with van der Waals surface area (Å²) in [5.74, 6) is 1.38. The lowest BCUT2D eigenvalue weighted by Crippen LogP contribution is -2.27. The molecule has 1 aliphatic carbocycles. The number of rotatable bonds is 4. The molecule has 1 fully saturated rings. The fraction of sp³-hybridized carbons (Fsp3) is 0.625. The summed E-state index contributed by atoms with van der Waals surface area (Å²) in [7, 11) is 0. The van der Waals surface area contributed by atoms with E-state index in [0.717, 1.165) is 23.6 Å². The monoisotopic (exact) mass is 249 g/mol. The molecule has 0 radical (unpaired) electrons. The first-order valence-corrected chi connectivity index (χ1v) is 7.11. The first kappa shape index (κ1) is 13.5. The zero-order chi connectivity index (χ0) is 13.1. The van der Waals surface area contributed by atoms with Crippen molar-refractivity contribution in [3.63, 3.8) is 0 Å². The van der Waals surface area contributed by atoms with Crippen molar-refractivity contribution in [3.05, 3.63) is 35.1 Å². The predicted octanol–water partition coefficient (Wildman–Crippen LogP) is 4.22. The number of hydrogen-bond donors (Lipinski definition) is 1. The van der Waals surface area contributed by atoms with Crippen molar-refractivity contribution < 1.29 is 4.39 Å². The Labute approximate surface area is 110 Å². The molecule has 0 spiro atoms. The lowest BCUT2D eigenvalue weighted by atomic mass is 9.90. The van der Waals surface area contributed by atoms with Crippen molar-refractivity contribution in [1.82, 2.24) is 5.32 Å². The van der Waals surface area contributed by atoms with Crippen molar-refractivity contribution in [2.45, 2.75) is 46.1 Å². The molecule has 18 heavy (non-hydrogen) atoms. The molecule has 2 heteroatoms. The molecule has 0 amide bonds. The molecule has 0 aromatic heterocycles. The first-order valence-electron chi connectivity index (χ1n) is 7.11. The van der Waals surface area contributed by atoms with Crippen LogP contribution in [-0.4, -0.2) is 6.54 Å². The Hall–Kier alpha value is -0.890. The highest BCUT2D eigenvalue weighted by Crippen LogP contribution is 2.39. The van der Waals surface area contributed by atoms with Crippen molar-refractivity contribution in [2.24, 2.45) is 11.8 Å². The molecular weight excluding hydrogens is 225 g/mol. The lowest BCUT2D eigenvalue weighted by Gasteiger charge is -2.25. The standard InChI is InChI=1S/C16H24FN/c1-4-18-16(13-7-5-11(2)9-13)14-8-6-12(3)15(17)10-14/h6,8,10-11,13,16,18H,4-5,7,9H2,1-3H3. The van der Waals surface area contributed by atoms with Crippen LogP contribution in [0.4, 0.5) is 4.39 Å². The van der Waals surface area contributed by atoms with Crippen molar-refractivity contribution >= 4 is 0 Å². The molecule has 100 valence electrons. The molecule has 1 aromatic carbocycles. The summed E-state index contributed by atoms with van der Waals surface area (Å²) in [6.45, 7) is 7.19. The average Bonchev–Trinajstić information content (AvgIpc) is 2.76. The van der Waals surface area contributed by atoms with Gasteiger partial charge in [0.1, 0.15) is 5.82 Å². The van der Waals surface area contributed by atoms with E-state index in [0.29, 0.717) is 12.0 Å². The van der Waals surface area contributed by atoms with E-state index in [1.807, 2.05) is 13.0 Å². The normalized spacial score (nSPS) is 25.3. The van der Waals surface area contributed by atoms with Gasteiger partial charge in [-0.3, -0.25) is 0 Å². The fourth-order valence-corrected chi connectivity index (χ4v) is 3.13. The van der Waals surface area contributed by atoms with E-state index in [2.05, 4.69) is 25.2 Å². The minimum absolute atomic E-state index is 0.0820.